The third-order valence-electron chi connectivity index (χ3n) is 7.44. The van der Waals surface area contributed by atoms with Crippen LogP contribution in [0.5, 0.6) is 0 Å². The first-order valence-corrected chi connectivity index (χ1v) is 12.6. The van der Waals surface area contributed by atoms with Gasteiger partial charge in [0.15, 0.2) is 0 Å². The van der Waals surface area contributed by atoms with Crippen molar-refractivity contribution in [3.8, 4) is 0 Å². The number of nitrogens with one attached hydrogen (secondary N) is 3. The van der Waals surface area contributed by atoms with Crippen LogP contribution in [0.15, 0.2) is 24.7 Å². The molecule has 10 nitrogen and oxygen atoms in total. The second-order valence-corrected chi connectivity index (χ2v) is 9.61. The number of fused-ring (bicyclic) bond motifs is 1. The molecule has 3 fully saturated rings. The zero-order valence-electron chi connectivity index (χ0n) is 19.6. The molecule has 3 aliphatic rings. The molecule has 1 aliphatic carbocycles. The maximum absolute atomic E-state index is 5.52. The Labute approximate surface area is 199 Å². The fourth-order valence-electron chi connectivity index (χ4n) is 5.51. The van der Waals surface area contributed by atoms with Crippen molar-refractivity contribution < 1.29 is 9.47 Å². The number of nitrogens with zero attached hydrogens (tertiary/aromatic N) is 5. The summed E-state index contributed by atoms with van der Waals surface area (Å²) < 4.78 is 13.0. The Kier molecular flexibility index (Phi) is 6.35. The lowest BCUT2D eigenvalue weighted by molar-refractivity contribution is 0.00791. The van der Waals surface area contributed by atoms with Crippen LogP contribution in [-0.2, 0) is 9.47 Å². The van der Waals surface area contributed by atoms with Gasteiger partial charge < -0.3 is 25.1 Å². The predicted molar refractivity (Wildman–Crippen MR) is 131 cm³/mol. The molecule has 3 N–H and O–H groups in total. The van der Waals surface area contributed by atoms with Crippen molar-refractivity contribution in [3.05, 3.63) is 24.7 Å². The number of morpholine rings is 1. The average Bonchev–Trinajstić information content (AvgIpc) is 3.56. The number of aromatic nitrogens is 5. The van der Waals surface area contributed by atoms with E-state index < -0.39 is 0 Å². The fraction of sp³-hybridized carbons (Fsp3) is 0.625. The summed E-state index contributed by atoms with van der Waals surface area (Å²) in [4.78, 5) is 15.4. The summed E-state index contributed by atoms with van der Waals surface area (Å²) in [6.45, 7) is 5.47. The molecule has 0 radical (unpaired) electrons. The Bertz CT molecular complexity index is 1080. The minimum absolute atomic E-state index is 0.390. The van der Waals surface area contributed by atoms with Crippen LogP contribution in [0.25, 0.3) is 11.0 Å². The maximum atomic E-state index is 5.52. The first-order chi connectivity index (χ1) is 16.8. The quantitative estimate of drug-likeness (QED) is 0.508. The third-order valence-corrected chi connectivity index (χ3v) is 7.44. The molecule has 0 atom stereocenters. The molecule has 10 heteroatoms. The van der Waals surface area contributed by atoms with E-state index in [-0.39, 0.29) is 0 Å². The monoisotopic (exact) mass is 466 g/mol. The second kappa shape index (κ2) is 9.89. The van der Waals surface area contributed by atoms with Gasteiger partial charge in [-0.25, -0.2) is 0 Å². The van der Waals surface area contributed by atoms with Crippen molar-refractivity contribution in [1.29, 1.82) is 0 Å². The standard InChI is InChI=1S/C24H34N8O2/c1-3-19(31-9-13-34-14-10-31)4-2-17(1)27-23-21-5-8-25-22(21)29-24(30-23)28-18-15-26-32(16-18)20-6-11-33-12-7-20/h5,8,15-17,19-20H,1-4,6-7,9-14H2,(H3,25,27,28,29,30)/t17-,19-. The molecule has 0 aromatic carbocycles. The molecule has 1 saturated carbocycles. The van der Waals surface area contributed by atoms with Crippen LogP contribution in [0.4, 0.5) is 17.5 Å². The highest BCUT2D eigenvalue weighted by atomic mass is 16.5. The molecule has 182 valence electrons. The summed E-state index contributed by atoms with van der Waals surface area (Å²) >= 11 is 0. The number of ether oxygens (including phenoxy) is 2. The topological polar surface area (TPSA) is 105 Å². The van der Waals surface area contributed by atoms with Gasteiger partial charge in [0.1, 0.15) is 11.5 Å². The Hall–Kier alpha value is -2.69. The van der Waals surface area contributed by atoms with Crippen molar-refractivity contribution >= 4 is 28.5 Å². The van der Waals surface area contributed by atoms with Crippen LogP contribution < -0.4 is 10.6 Å². The van der Waals surface area contributed by atoms with Crippen LogP contribution in [0.2, 0.25) is 0 Å². The molecule has 3 aromatic rings. The van der Waals surface area contributed by atoms with E-state index in [2.05, 4.69) is 30.6 Å². The zero-order chi connectivity index (χ0) is 22.7. The smallest absolute Gasteiger partial charge is 0.231 e. The normalized spacial score (nSPS) is 24.9. The molecule has 0 bridgehead atoms. The summed E-state index contributed by atoms with van der Waals surface area (Å²) in [5, 5.41) is 12.7. The van der Waals surface area contributed by atoms with E-state index in [1.54, 1.807) is 0 Å². The lowest BCUT2D eigenvalue weighted by Crippen LogP contribution is -2.46. The molecule has 0 amide bonds. The molecule has 0 unspecified atom stereocenters. The number of hydrogen-bond acceptors (Lipinski definition) is 8. The molecule has 5 heterocycles. The van der Waals surface area contributed by atoms with E-state index in [0.29, 0.717) is 24.1 Å². The molecule has 0 spiro atoms. The minimum Gasteiger partial charge on any atom is -0.381 e. The van der Waals surface area contributed by atoms with Gasteiger partial charge in [-0.3, -0.25) is 9.58 Å². The van der Waals surface area contributed by atoms with Gasteiger partial charge in [0, 0.05) is 50.8 Å². The van der Waals surface area contributed by atoms with Crippen LogP contribution in [0.3, 0.4) is 0 Å². The Morgan fingerprint density at radius 3 is 2.53 bits per heavy atom. The minimum atomic E-state index is 0.390. The van der Waals surface area contributed by atoms with Crippen molar-refractivity contribution in [2.45, 2.75) is 56.7 Å². The van der Waals surface area contributed by atoms with Gasteiger partial charge >= 0.3 is 0 Å². The largest absolute Gasteiger partial charge is 0.381 e. The van der Waals surface area contributed by atoms with Gasteiger partial charge in [0.05, 0.1) is 36.5 Å². The van der Waals surface area contributed by atoms with Crippen molar-refractivity contribution in [1.82, 2.24) is 29.6 Å². The Morgan fingerprint density at radius 2 is 1.71 bits per heavy atom. The zero-order valence-corrected chi connectivity index (χ0v) is 19.6. The average molecular weight is 467 g/mol. The van der Waals surface area contributed by atoms with Crippen molar-refractivity contribution in [2.24, 2.45) is 0 Å². The lowest BCUT2D eigenvalue weighted by Gasteiger charge is -2.39. The molecule has 2 saturated heterocycles. The van der Waals surface area contributed by atoms with Crippen LogP contribution in [0, 0.1) is 0 Å². The van der Waals surface area contributed by atoms with Crippen LogP contribution in [0.1, 0.15) is 44.6 Å². The van der Waals surface area contributed by atoms with Gasteiger partial charge in [-0.1, -0.05) is 0 Å². The van der Waals surface area contributed by atoms with Crippen LogP contribution in [-0.4, -0.2) is 81.2 Å². The van der Waals surface area contributed by atoms with Gasteiger partial charge in [-0.05, 0) is 44.6 Å². The van der Waals surface area contributed by atoms with Crippen molar-refractivity contribution in [2.75, 3.05) is 50.2 Å². The molecule has 6 rings (SSSR count). The predicted octanol–water partition coefficient (Wildman–Crippen LogP) is 3.30. The van der Waals surface area contributed by atoms with Gasteiger partial charge in [-0.15, -0.1) is 0 Å². The molecule has 34 heavy (non-hydrogen) atoms. The number of anilines is 3. The SMILES string of the molecule is c1cc2c(N[C@H]3CC[C@H](N4CCOCC4)CC3)nc(Nc3cnn(C4CCOCC4)c3)nc2[nH]1. The summed E-state index contributed by atoms with van der Waals surface area (Å²) in [6.07, 6.45) is 12.5. The number of rotatable bonds is 6. The summed E-state index contributed by atoms with van der Waals surface area (Å²) in [5.41, 5.74) is 1.73. The highest BCUT2D eigenvalue weighted by molar-refractivity contribution is 5.88. The lowest BCUT2D eigenvalue weighted by atomic mass is 9.90. The summed E-state index contributed by atoms with van der Waals surface area (Å²) in [7, 11) is 0. The van der Waals surface area contributed by atoms with E-state index in [4.69, 9.17) is 14.5 Å². The highest BCUT2D eigenvalue weighted by Crippen LogP contribution is 2.29. The van der Waals surface area contributed by atoms with E-state index in [1.165, 1.54) is 12.8 Å². The number of aromatic amines is 1. The molecule has 2 aliphatic heterocycles. The first-order valence-electron chi connectivity index (χ1n) is 12.6. The van der Waals surface area contributed by atoms with E-state index >= 15 is 0 Å². The van der Waals surface area contributed by atoms with Crippen molar-refractivity contribution in [3.63, 3.8) is 0 Å². The van der Waals surface area contributed by atoms with E-state index in [9.17, 15) is 0 Å². The van der Waals surface area contributed by atoms with E-state index in [1.807, 2.05) is 29.3 Å². The molecular weight excluding hydrogens is 432 g/mol. The molecular formula is C24H34N8O2. The number of H-pyrrole nitrogens is 1. The Morgan fingerprint density at radius 1 is 0.912 bits per heavy atom. The second-order valence-electron chi connectivity index (χ2n) is 9.61. The summed E-state index contributed by atoms with van der Waals surface area (Å²) in [5.74, 6) is 1.46. The first kappa shape index (κ1) is 21.8. The molecule has 3 aromatic heterocycles. The number of hydrogen-bond donors (Lipinski definition) is 3. The fourth-order valence-corrected chi connectivity index (χ4v) is 5.51. The van der Waals surface area contributed by atoms with Crippen LogP contribution >= 0.6 is 0 Å². The maximum Gasteiger partial charge on any atom is 0.231 e. The Balaban J connectivity index is 1.13. The van der Waals surface area contributed by atoms with Gasteiger partial charge in [-0.2, -0.15) is 15.1 Å². The van der Waals surface area contributed by atoms with Gasteiger partial charge in [0.25, 0.3) is 0 Å². The van der Waals surface area contributed by atoms with E-state index in [0.717, 1.165) is 87.7 Å². The summed E-state index contributed by atoms with van der Waals surface area (Å²) in [6, 6.07) is 3.55. The third kappa shape index (κ3) is 4.75. The van der Waals surface area contributed by atoms with Gasteiger partial charge in [0.2, 0.25) is 5.95 Å². The highest BCUT2D eigenvalue weighted by Gasteiger charge is 2.27.